The van der Waals surface area contributed by atoms with Crippen molar-refractivity contribution in [3.63, 3.8) is 0 Å². The van der Waals surface area contributed by atoms with Gasteiger partial charge >= 0.3 is 0 Å². The van der Waals surface area contributed by atoms with Crippen molar-refractivity contribution in [3.05, 3.63) is 261 Å². The standard InChI is InChI=1S/C114H140/c1-9-17-25-37-67-111(68-38-26-18-10-2)103-53-35-33-49-93(103)95-61-55-83(76-105(95)111)85-57-63-97-99-65-59-89(80-109(99)113(107(97)78-85,71-41-29-21-13-5)72-42-30-22-14-6)91-51-45-47-87-75-88-48-46-52-92(102(88)82-101(87)91)90-60-66-100-98-64-58-86(79-108(98)114(110(100)81-90,73-43-31-23-15-7)74-44-32-24-16-8)84-56-62-96-94-50-34-36-54-104(94)112(106(96)77-84,69-39-27-19-11-3)70-40-28-20-12-4/h33-36,45-66,76-81H,9-32,37-44,67-75,82H2,1-8H3. The molecule has 0 atom stereocenters. The van der Waals surface area contributed by atoms with Gasteiger partial charge in [-0.15, -0.1) is 0 Å². The summed E-state index contributed by atoms with van der Waals surface area (Å²) in [7, 11) is 0. The molecular formula is C114H140. The van der Waals surface area contributed by atoms with Crippen LogP contribution in [0.4, 0.5) is 0 Å². The van der Waals surface area contributed by atoms with E-state index in [1.807, 2.05) is 0 Å². The summed E-state index contributed by atoms with van der Waals surface area (Å²) in [6, 6.07) is 80.9. The summed E-state index contributed by atoms with van der Waals surface area (Å²) in [5.41, 5.74) is 41.9. The Morgan fingerprint density at radius 1 is 0.175 bits per heavy atom. The largest absolute Gasteiger partial charge is 0.0654 e. The van der Waals surface area contributed by atoms with Crippen molar-refractivity contribution in [1.82, 2.24) is 0 Å². The van der Waals surface area contributed by atoms with Crippen LogP contribution in [0.2, 0.25) is 0 Å². The molecule has 0 unspecified atom stereocenters. The summed E-state index contributed by atoms with van der Waals surface area (Å²) in [4.78, 5) is 0. The molecule has 10 aromatic carbocycles. The van der Waals surface area contributed by atoms with Gasteiger partial charge in [0, 0.05) is 21.7 Å². The van der Waals surface area contributed by atoms with Crippen molar-refractivity contribution < 1.29 is 0 Å². The summed E-state index contributed by atoms with van der Waals surface area (Å²) in [5.74, 6) is 0. The Labute approximate surface area is 692 Å². The molecule has 15 rings (SSSR count). The molecule has 0 amide bonds. The van der Waals surface area contributed by atoms with Crippen LogP contribution in [0.5, 0.6) is 0 Å². The van der Waals surface area contributed by atoms with Crippen molar-refractivity contribution in [3.8, 4) is 89.0 Å². The second-order valence-corrected chi connectivity index (χ2v) is 36.7. The topological polar surface area (TPSA) is 0 Å². The highest BCUT2D eigenvalue weighted by Gasteiger charge is 2.48. The molecule has 0 nitrogen and oxygen atoms in total. The minimum absolute atomic E-state index is 0.0537. The summed E-state index contributed by atoms with van der Waals surface area (Å²) in [5, 5.41) is 0. The lowest BCUT2D eigenvalue weighted by Crippen LogP contribution is -2.26. The third-order valence-corrected chi connectivity index (χ3v) is 29.5. The first-order chi connectivity index (χ1) is 56.2. The van der Waals surface area contributed by atoms with Crippen LogP contribution in [-0.4, -0.2) is 0 Å². The normalized spacial score (nSPS) is 14.9. The zero-order valence-electron chi connectivity index (χ0n) is 72.2. The molecule has 596 valence electrons. The summed E-state index contributed by atoms with van der Waals surface area (Å²) >= 11 is 0. The van der Waals surface area contributed by atoms with Gasteiger partial charge in [-0.2, -0.15) is 0 Å². The van der Waals surface area contributed by atoms with E-state index in [9.17, 15) is 0 Å². The van der Waals surface area contributed by atoms with E-state index in [0.717, 1.165) is 12.8 Å². The zero-order chi connectivity index (χ0) is 78.5. The molecule has 0 heteroatoms. The lowest BCUT2D eigenvalue weighted by atomic mass is 9.69. The van der Waals surface area contributed by atoms with Gasteiger partial charge in [0.1, 0.15) is 0 Å². The van der Waals surface area contributed by atoms with E-state index in [0.29, 0.717) is 0 Å². The second-order valence-electron chi connectivity index (χ2n) is 36.7. The highest BCUT2D eigenvalue weighted by atomic mass is 14.5. The lowest BCUT2D eigenvalue weighted by molar-refractivity contribution is 0.401. The van der Waals surface area contributed by atoms with Gasteiger partial charge < -0.3 is 0 Å². The molecule has 5 aliphatic carbocycles. The number of hydrogen-bond donors (Lipinski definition) is 0. The molecule has 0 fully saturated rings. The van der Waals surface area contributed by atoms with Crippen molar-refractivity contribution >= 4 is 0 Å². The average Bonchev–Trinajstić information content (AvgIpc) is 1.56. The lowest BCUT2D eigenvalue weighted by Gasteiger charge is -2.34. The minimum Gasteiger partial charge on any atom is -0.0654 e. The number of hydrogen-bond acceptors (Lipinski definition) is 0. The number of rotatable bonds is 44. The molecule has 5 aliphatic rings. The third-order valence-electron chi connectivity index (χ3n) is 29.5. The predicted octanol–water partition coefficient (Wildman–Crippen LogP) is 34.7. The number of benzene rings is 10. The monoisotopic (exact) mass is 1510 g/mol. The first-order valence-corrected chi connectivity index (χ1v) is 47.5. The maximum absolute atomic E-state index is 2.76. The highest BCUT2D eigenvalue weighted by Crippen LogP contribution is 2.62. The molecule has 10 aromatic rings. The molecule has 0 aromatic heterocycles. The molecule has 0 radical (unpaired) electrons. The van der Waals surface area contributed by atoms with Crippen LogP contribution in [-0.2, 0) is 34.5 Å². The predicted molar refractivity (Wildman–Crippen MR) is 495 cm³/mol. The Kier molecular flexibility index (Phi) is 26.9. The molecule has 0 aliphatic heterocycles. The quantitative estimate of drug-likeness (QED) is 0.0334. The van der Waals surface area contributed by atoms with E-state index in [1.54, 1.807) is 44.5 Å². The smallest absolute Gasteiger partial charge is 0.0215 e. The Morgan fingerprint density at radius 2 is 0.386 bits per heavy atom. The molecule has 114 heavy (non-hydrogen) atoms. The molecule has 0 saturated carbocycles. The second kappa shape index (κ2) is 37.6. The van der Waals surface area contributed by atoms with E-state index >= 15 is 0 Å². The SMILES string of the molecule is CCCCCCC1(CCCCCC)c2ccccc2-c2ccc(-c3ccc4c(c3)C(CCCCCC)(CCCCCC)c3cc(-c5cccc6c5Cc5c(cccc5-c5ccc7c(c5)C(CCCCCC)(CCCCCC)c5cc(-c8ccc9c(c8)C(CCCCCC)(CCCCCC)c8ccccc8-9)ccc5-7)C6)ccc3-4)cc21. The van der Waals surface area contributed by atoms with E-state index in [1.165, 1.54) is 368 Å². The maximum atomic E-state index is 2.76. The number of unbranched alkanes of at least 4 members (excludes halogenated alkanes) is 24. The van der Waals surface area contributed by atoms with E-state index in [-0.39, 0.29) is 21.7 Å². The Morgan fingerprint density at radius 3 is 0.640 bits per heavy atom. The molecule has 0 saturated heterocycles. The van der Waals surface area contributed by atoms with Crippen molar-refractivity contribution in [2.24, 2.45) is 0 Å². The first-order valence-electron chi connectivity index (χ1n) is 47.5. The minimum atomic E-state index is -0.0690. The number of fused-ring (bicyclic) bond motifs is 14. The van der Waals surface area contributed by atoms with Gasteiger partial charge in [-0.3, -0.25) is 0 Å². The summed E-state index contributed by atoms with van der Waals surface area (Å²) in [6.45, 7) is 19.0. The Bertz CT molecular complexity index is 4550. The molecule has 0 spiro atoms. The molecule has 0 heterocycles. The maximum Gasteiger partial charge on any atom is 0.0215 e. The van der Waals surface area contributed by atoms with Gasteiger partial charge in [0.15, 0.2) is 0 Å². The van der Waals surface area contributed by atoms with Crippen molar-refractivity contribution in [2.75, 3.05) is 0 Å². The van der Waals surface area contributed by atoms with Crippen LogP contribution in [0.1, 0.15) is 379 Å². The van der Waals surface area contributed by atoms with Crippen molar-refractivity contribution in [2.45, 2.75) is 347 Å². The van der Waals surface area contributed by atoms with Crippen LogP contribution >= 0.6 is 0 Å². The van der Waals surface area contributed by atoms with Crippen LogP contribution in [0.3, 0.4) is 0 Å². The van der Waals surface area contributed by atoms with Gasteiger partial charge in [0.05, 0.1) is 0 Å². The summed E-state index contributed by atoms with van der Waals surface area (Å²) < 4.78 is 0. The third kappa shape index (κ3) is 15.9. The highest BCUT2D eigenvalue weighted by molar-refractivity contribution is 5.92. The van der Waals surface area contributed by atoms with Gasteiger partial charge in [0.2, 0.25) is 0 Å². The van der Waals surface area contributed by atoms with E-state index < -0.39 is 0 Å². The van der Waals surface area contributed by atoms with Gasteiger partial charge in [-0.05, 0) is 256 Å². The van der Waals surface area contributed by atoms with Gasteiger partial charge in [-0.1, -0.05) is 419 Å². The fourth-order valence-corrected chi connectivity index (χ4v) is 23.4. The molecular weight excluding hydrogens is 1370 g/mol. The fourth-order valence-electron chi connectivity index (χ4n) is 23.4. The zero-order valence-corrected chi connectivity index (χ0v) is 72.2. The summed E-state index contributed by atoms with van der Waals surface area (Å²) in [6.07, 6.45) is 52.8. The van der Waals surface area contributed by atoms with Gasteiger partial charge in [-0.25, -0.2) is 0 Å². The van der Waals surface area contributed by atoms with E-state index in [4.69, 9.17) is 0 Å². The van der Waals surface area contributed by atoms with Crippen molar-refractivity contribution in [1.29, 1.82) is 0 Å². The van der Waals surface area contributed by atoms with E-state index in [2.05, 4.69) is 250 Å². The van der Waals surface area contributed by atoms with Crippen LogP contribution in [0.15, 0.2) is 194 Å². The van der Waals surface area contributed by atoms with Crippen LogP contribution in [0.25, 0.3) is 89.0 Å². The molecule has 0 bridgehead atoms. The first kappa shape index (κ1) is 81.3. The Balaban J connectivity index is 0.795. The van der Waals surface area contributed by atoms with Gasteiger partial charge in [0.25, 0.3) is 0 Å². The van der Waals surface area contributed by atoms with Crippen LogP contribution < -0.4 is 0 Å². The fraction of sp³-hybridized carbons (Fsp3) is 0.474. The average molecular weight is 1510 g/mol. The van der Waals surface area contributed by atoms with Crippen LogP contribution in [0, 0.1) is 0 Å². The Hall–Kier alpha value is -7.80. The molecule has 0 N–H and O–H groups in total.